The molecule has 2 aromatic rings. The highest BCUT2D eigenvalue weighted by molar-refractivity contribution is 4.67. The van der Waals surface area contributed by atoms with Gasteiger partial charge in [-0.05, 0) is 88.0 Å². The van der Waals surface area contributed by atoms with Gasteiger partial charge in [-0.1, -0.05) is 33.1 Å². The van der Waals surface area contributed by atoms with E-state index in [-0.39, 0.29) is 0 Å². The van der Waals surface area contributed by atoms with E-state index in [0.717, 1.165) is 73.8 Å². The first-order chi connectivity index (χ1) is 37.3. The van der Waals surface area contributed by atoms with Gasteiger partial charge in [0.25, 0.3) is 0 Å². The standard InChI is InChI=1S/C13H28N2O.C13H25N2.C12H26N2O.C10H19N2O.C9H22NO.C8H20NO/c1-13(2)16-12-4-5-15-9-6-14(3,7-10-15)8-11-15;1-13(2)8-6-4-5-7-9-15-11-10-14(3)12-15;1-12(2)15-11-10-14-7-4-13(3,5-8-14)6-9-14;1-10(2)13-8-4-5-12-7-6-11(3)9-12;1-9(2)11-8-6-7-10(3,4)5;1-8(2)10-7-6-9(3,4)5/h13H,4-12H2,1-3H3;10-13H,4-9H2,1-3H3;12H,4-11H2,1-3H3;6-7,9-10H,4-5,8H2,1-3H3;9H,6-8H2,1-5H3;8H,6-7H2,1-5H3/q+2;+1;+2;3*+1. The molecule has 15 nitrogen and oxygen atoms in total. The zero-order chi connectivity index (χ0) is 60.5. The quantitative estimate of drug-likeness (QED) is 0.0447. The SMILES string of the molecule is CC(C)CCCCCCn1cc[n+](C)c1.CC(C)OCCC[N+](C)(C)C.CC(C)OCCC[N+]12CC[N+](C)(CC1)CC2.CC(C)OCCCn1cc[n+](C)c1.CC(C)OCC[N+](C)(C)C.CC(C)OCC[N+]12CC[N+](C)(CC1)CC2. The maximum Gasteiger partial charge on any atom is 0.243 e. The van der Waals surface area contributed by atoms with Crippen molar-refractivity contribution in [3.8, 4) is 0 Å². The monoisotopic (exact) mass is 1140 g/mol. The van der Waals surface area contributed by atoms with Crippen molar-refractivity contribution < 1.29 is 59.7 Å². The molecule has 0 spiro atoms. The van der Waals surface area contributed by atoms with Crippen LogP contribution in [0, 0.1) is 5.92 Å². The minimum atomic E-state index is 0.348. The number of rotatable bonds is 30. The van der Waals surface area contributed by atoms with E-state index in [4.69, 9.17) is 23.7 Å². The zero-order valence-electron chi connectivity index (χ0n) is 57.4. The summed E-state index contributed by atoms with van der Waals surface area (Å²) in [5.41, 5.74) is 0. The van der Waals surface area contributed by atoms with Gasteiger partial charge in [-0.2, -0.15) is 0 Å². The minimum absolute atomic E-state index is 0.348. The van der Waals surface area contributed by atoms with E-state index in [1.807, 2.05) is 17.8 Å². The summed E-state index contributed by atoms with van der Waals surface area (Å²) >= 11 is 0. The van der Waals surface area contributed by atoms with Crippen molar-refractivity contribution in [1.29, 1.82) is 0 Å². The number of hydrogen-bond donors (Lipinski definition) is 0. The molecular weight excluding hydrogens is 1000 g/mol. The molecule has 80 heavy (non-hydrogen) atoms. The molecule has 15 heteroatoms. The van der Waals surface area contributed by atoms with Crippen LogP contribution in [0.1, 0.15) is 134 Å². The third kappa shape index (κ3) is 39.5. The van der Waals surface area contributed by atoms with Crippen LogP contribution in [0.25, 0.3) is 0 Å². The molecule has 0 amide bonds. The van der Waals surface area contributed by atoms with E-state index < -0.39 is 0 Å². The van der Waals surface area contributed by atoms with Crippen LogP contribution in [0.4, 0.5) is 0 Å². The van der Waals surface area contributed by atoms with Gasteiger partial charge in [0.05, 0.1) is 160 Å². The predicted octanol–water partition coefficient (Wildman–Crippen LogP) is 8.47. The number of aryl methyl sites for hydroxylation is 4. The third-order valence-corrected chi connectivity index (χ3v) is 16.2. The van der Waals surface area contributed by atoms with Gasteiger partial charge in [-0.3, -0.25) is 0 Å². The third-order valence-electron chi connectivity index (χ3n) is 16.2. The summed E-state index contributed by atoms with van der Waals surface area (Å²) in [6.45, 7) is 53.7. The lowest BCUT2D eigenvalue weighted by molar-refractivity contribution is -1.07. The summed E-state index contributed by atoms with van der Waals surface area (Å²) in [5.74, 6) is 0.869. The smallest absolute Gasteiger partial charge is 0.243 e. The molecule has 0 saturated carbocycles. The Balaban J connectivity index is 0.000000484. The van der Waals surface area contributed by atoms with Crippen LogP contribution in [-0.4, -0.2) is 261 Å². The number of quaternary nitrogens is 6. The van der Waals surface area contributed by atoms with Crippen LogP contribution in [0.15, 0.2) is 37.4 Å². The van der Waals surface area contributed by atoms with Crippen LogP contribution < -0.4 is 9.13 Å². The average molecular weight is 1140 g/mol. The van der Waals surface area contributed by atoms with Gasteiger partial charge < -0.3 is 50.6 Å². The van der Waals surface area contributed by atoms with Crippen molar-refractivity contribution in [3.05, 3.63) is 37.4 Å². The lowest BCUT2D eigenvalue weighted by Gasteiger charge is -2.54. The molecule has 0 atom stereocenters. The van der Waals surface area contributed by atoms with E-state index in [1.165, 1.54) is 161 Å². The molecular formula is C65H140N10O5+8. The first-order valence-electron chi connectivity index (χ1n) is 32.4. The Bertz CT molecular complexity index is 1750. The van der Waals surface area contributed by atoms with E-state index >= 15 is 0 Å². The fourth-order valence-corrected chi connectivity index (χ4v) is 10.4. The number of piperazine rings is 6. The van der Waals surface area contributed by atoms with E-state index in [9.17, 15) is 0 Å². The lowest BCUT2D eigenvalue weighted by Crippen LogP contribution is -2.74. The molecule has 4 bridgehead atoms. The number of imidazole rings is 2. The largest absolute Gasteiger partial charge is 0.379 e. The Hall–Kier alpha value is -2.02. The second-order valence-electron chi connectivity index (χ2n) is 29.0. The minimum Gasteiger partial charge on any atom is -0.379 e. The van der Waals surface area contributed by atoms with Gasteiger partial charge in [0, 0.05) is 19.3 Å². The number of fused-ring (bicyclic) bond motifs is 6. The fourth-order valence-electron chi connectivity index (χ4n) is 10.4. The van der Waals surface area contributed by atoms with Crippen LogP contribution in [0.2, 0.25) is 0 Å². The maximum atomic E-state index is 5.69. The molecule has 472 valence electrons. The van der Waals surface area contributed by atoms with E-state index in [1.54, 1.807) is 0 Å². The van der Waals surface area contributed by atoms with Crippen molar-refractivity contribution >= 4 is 0 Å². The molecule has 6 fully saturated rings. The van der Waals surface area contributed by atoms with Gasteiger partial charge in [-0.15, -0.1) is 0 Å². The molecule has 6 aliphatic rings. The van der Waals surface area contributed by atoms with Crippen molar-refractivity contribution in [3.63, 3.8) is 0 Å². The lowest BCUT2D eigenvalue weighted by atomic mass is 10.0. The van der Waals surface area contributed by atoms with Gasteiger partial charge in [0.2, 0.25) is 12.7 Å². The van der Waals surface area contributed by atoms with Crippen LogP contribution in [-0.2, 0) is 50.9 Å². The first kappa shape index (κ1) is 76.0. The van der Waals surface area contributed by atoms with Gasteiger partial charge >= 0.3 is 0 Å². The summed E-state index contributed by atoms with van der Waals surface area (Å²) in [6.07, 6.45) is 24.8. The van der Waals surface area contributed by atoms with Crippen molar-refractivity contribution in [2.45, 2.75) is 178 Å². The Morgan fingerprint density at radius 1 is 0.400 bits per heavy atom. The van der Waals surface area contributed by atoms with Crippen LogP contribution >= 0.6 is 0 Å². The topological polar surface area (TPSA) is 63.8 Å². The van der Waals surface area contributed by atoms with Gasteiger partial charge in [-0.25, -0.2) is 18.3 Å². The number of unbranched alkanes of at least 4 members (excludes halogenated alkanes) is 3. The van der Waals surface area contributed by atoms with Gasteiger partial charge in [0.1, 0.15) is 116 Å². The molecule has 6 saturated heterocycles. The fraction of sp³-hybridized carbons (Fsp3) is 0.908. The van der Waals surface area contributed by atoms with Gasteiger partial charge in [0.15, 0.2) is 0 Å². The molecule has 8 rings (SSSR count). The van der Waals surface area contributed by atoms with Crippen molar-refractivity contribution in [2.24, 2.45) is 20.0 Å². The number of hydrogen-bond acceptors (Lipinski definition) is 5. The molecule has 0 aromatic carbocycles. The number of likely N-dealkylation sites (N-methyl/N-ethyl adjacent to an activating group) is 3. The molecule has 0 radical (unpaired) electrons. The second-order valence-corrected chi connectivity index (χ2v) is 29.0. The molecule has 0 N–H and O–H groups in total. The van der Waals surface area contributed by atoms with Crippen molar-refractivity contribution in [1.82, 2.24) is 9.13 Å². The Morgan fingerprint density at radius 2 is 0.750 bits per heavy atom. The average Bonchev–Trinajstić information content (AvgIpc) is 3.99. The normalized spacial score (nSPS) is 22.4. The predicted molar refractivity (Wildman–Crippen MR) is 335 cm³/mol. The number of ether oxygens (including phenoxy) is 5. The van der Waals surface area contributed by atoms with E-state index in [0.29, 0.717) is 30.5 Å². The van der Waals surface area contributed by atoms with Crippen molar-refractivity contribution in [2.75, 3.05) is 194 Å². The highest BCUT2D eigenvalue weighted by Crippen LogP contribution is 2.26. The van der Waals surface area contributed by atoms with E-state index in [2.05, 4.69) is 191 Å². The Labute approximate surface area is 496 Å². The Kier molecular flexibility index (Phi) is 37.6. The maximum absolute atomic E-state index is 5.69. The molecule has 0 unspecified atom stereocenters. The summed E-state index contributed by atoms with van der Waals surface area (Å²) in [7, 11) is 22.1. The first-order valence-corrected chi connectivity index (χ1v) is 32.4. The zero-order valence-corrected chi connectivity index (χ0v) is 57.4. The highest BCUT2D eigenvalue weighted by atomic mass is 16.5. The second kappa shape index (κ2) is 39.6. The summed E-state index contributed by atoms with van der Waals surface area (Å²) in [4.78, 5) is 0. The Morgan fingerprint density at radius 3 is 1.12 bits per heavy atom. The highest BCUT2D eigenvalue weighted by Gasteiger charge is 2.47. The summed E-state index contributed by atoms with van der Waals surface area (Å²) in [6, 6.07) is 0. The van der Waals surface area contributed by atoms with Crippen LogP contribution in [0.5, 0.6) is 0 Å². The molecule has 0 aliphatic carbocycles. The number of nitrogens with zero attached hydrogens (tertiary/aromatic N) is 10. The summed E-state index contributed by atoms with van der Waals surface area (Å²) < 4.78 is 43.6. The molecule has 8 heterocycles. The number of aromatic nitrogens is 4. The summed E-state index contributed by atoms with van der Waals surface area (Å²) in [5, 5.41) is 0. The van der Waals surface area contributed by atoms with Crippen LogP contribution in [0.3, 0.4) is 0 Å². The molecule has 6 aliphatic heterocycles. The molecule has 2 aromatic heterocycles.